The molecule has 1 atom stereocenters. The first-order valence-corrected chi connectivity index (χ1v) is 7.15. The van der Waals surface area contributed by atoms with Crippen molar-refractivity contribution in [3.8, 4) is 0 Å². The highest BCUT2D eigenvalue weighted by molar-refractivity contribution is 6.08. The van der Waals surface area contributed by atoms with Crippen molar-refractivity contribution in [1.29, 1.82) is 0 Å². The molecule has 2 fully saturated rings. The minimum Gasteiger partial charge on any atom is -0.409 e. The number of morpholine rings is 1. The van der Waals surface area contributed by atoms with Gasteiger partial charge in [0.1, 0.15) is 11.5 Å². The van der Waals surface area contributed by atoms with Gasteiger partial charge in [0.05, 0.1) is 13.2 Å². The number of rotatable bonds is 3. The maximum atomic E-state index is 13.0. The second kappa shape index (κ2) is 6.30. The van der Waals surface area contributed by atoms with Gasteiger partial charge in [-0.2, -0.15) is 0 Å². The van der Waals surface area contributed by atoms with E-state index in [0.717, 1.165) is 12.8 Å². The first kappa shape index (κ1) is 15.6. The van der Waals surface area contributed by atoms with Crippen molar-refractivity contribution in [3.63, 3.8) is 0 Å². The number of oxime groups is 1. The number of amides is 2. The van der Waals surface area contributed by atoms with Crippen molar-refractivity contribution < 1.29 is 19.5 Å². The van der Waals surface area contributed by atoms with Crippen molar-refractivity contribution in [2.24, 2.45) is 16.3 Å². The maximum Gasteiger partial charge on any atom is 0.244 e. The summed E-state index contributed by atoms with van der Waals surface area (Å²) < 4.78 is 5.30. The third-order valence-corrected chi connectivity index (χ3v) is 4.40. The van der Waals surface area contributed by atoms with Gasteiger partial charge in [-0.1, -0.05) is 18.0 Å². The summed E-state index contributed by atoms with van der Waals surface area (Å²) >= 11 is 0. The molecule has 1 aliphatic heterocycles. The van der Waals surface area contributed by atoms with E-state index < -0.39 is 11.5 Å². The van der Waals surface area contributed by atoms with Gasteiger partial charge in [0.2, 0.25) is 11.8 Å². The zero-order valence-corrected chi connectivity index (χ0v) is 12.2. The first-order chi connectivity index (χ1) is 10.1. The highest BCUT2D eigenvalue weighted by Gasteiger charge is 2.50. The number of likely N-dealkylation sites (N-methyl/N-ethyl adjacent to an activating group) is 1. The fourth-order valence-corrected chi connectivity index (χ4v) is 3.16. The highest BCUT2D eigenvalue weighted by atomic mass is 16.5. The van der Waals surface area contributed by atoms with Crippen LogP contribution in [0.2, 0.25) is 0 Å². The number of hydrogen-bond donors (Lipinski definition) is 3. The van der Waals surface area contributed by atoms with Crippen LogP contribution in [0.15, 0.2) is 5.16 Å². The molecular formula is C13H22N4O4. The van der Waals surface area contributed by atoms with E-state index in [-0.39, 0.29) is 24.3 Å². The standard InChI is InChI=1S/C13H22N4O4/c1-15-10(18)9-8-21-7-6-17(9)12(19)13(11(14)16-20)4-2-3-5-13/h9,20H,2-8H2,1H3,(H2,14,16)(H,15,18). The number of carbonyl (C=O) groups excluding carboxylic acids is 2. The summed E-state index contributed by atoms with van der Waals surface area (Å²) in [5, 5.41) is 14.6. The number of nitrogens with two attached hydrogens (primary N) is 1. The Morgan fingerprint density at radius 1 is 1.43 bits per heavy atom. The highest BCUT2D eigenvalue weighted by Crippen LogP contribution is 2.40. The lowest BCUT2D eigenvalue weighted by atomic mass is 9.82. The van der Waals surface area contributed by atoms with Crippen LogP contribution in [0, 0.1) is 5.41 Å². The molecule has 2 aliphatic rings. The predicted molar refractivity (Wildman–Crippen MR) is 74.7 cm³/mol. The van der Waals surface area contributed by atoms with E-state index in [1.807, 2.05) is 0 Å². The average Bonchev–Trinajstić information content (AvgIpc) is 3.03. The Morgan fingerprint density at radius 2 is 2.10 bits per heavy atom. The second-order valence-electron chi connectivity index (χ2n) is 5.48. The monoisotopic (exact) mass is 298 g/mol. The molecule has 0 aromatic carbocycles. The van der Waals surface area contributed by atoms with E-state index in [0.29, 0.717) is 26.0 Å². The van der Waals surface area contributed by atoms with Gasteiger partial charge >= 0.3 is 0 Å². The van der Waals surface area contributed by atoms with Crippen molar-refractivity contribution in [2.75, 3.05) is 26.8 Å². The molecule has 118 valence electrons. The molecule has 2 rings (SSSR count). The Kier molecular flexibility index (Phi) is 4.66. The second-order valence-corrected chi connectivity index (χ2v) is 5.48. The molecule has 4 N–H and O–H groups in total. The Hall–Kier alpha value is -1.83. The number of nitrogens with one attached hydrogen (secondary N) is 1. The molecule has 0 radical (unpaired) electrons. The molecule has 0 aromatic rings. The van der Waals surface area contributed by atoms with Gasteiger partial charge < -0.3 is 25.9 Å². The van der Waals surface area contributed by atoms with Gasteiger partial charge in [-0.05, 0) is 12.8 Å². The van der Waals surface area contributed by atoms with Crippen LogP contribution in [0.5, 0.6) is 0 Å². The van der Waals surface area contributed by atoms with Gasteiger partial charge in [-0.25, -0.2) is 0 Å². The largest absolute Gasteiger partial charge is 0.409 e. The fourth-order valence-electron chi connectivity index (χ4n) is 3.16. The van der Waals surface area contributed by atoms with E-state index in [1.165, 1.54) is 11.9 Å². The zero-order valence-electron chi connectivity index (χ0n) is 12.2. The molecule has 8 heteroatoms. The molecule has 1 saturated heterocycles. The van der Waals surface area contributed by atoms with Gasteiger partial charge in [0.15, 0.2) is 5.84 Å². The van der Waals surface area contributed by atoms with Crippen LogP contribution in [0.1, 0.15) is 25.7 Å². The molecule has 8 nitrogen and oxygen atoms in total. The summed E-state index contributed by atoms with van der Waals surface area (Å²) in [5.41, 5.74) is 4.81. The summed E-state index contributed by atoms with van der Waals surface area (Å²) in [5.74, 6) is -0.574. The minimum atomic E-state index is -0.988. The predicted octanol–water partition coefficient (Wildman–Crippen LogP) is -0.733. The van der Waals surface area contributed by atoms with E-state index in [2.05, 4.69) is 10.5 Å². The van der Waals surface area contributed by atoms with Crippen LogP contribution >= 0.6 is 0 Å². The third-order valence-electron chi connectivity index (χ3n) is 4.40. The van der Waals surface area contributed by atoms with E-state index in [9.17, 15) is 9.59 Å². The lowest BCUT2D eigenvalue weighted by Gasteiger charge is -2.39. The quantitative estimate of drug-likeness (QED) is 0.275. The van der Waals surface area contributed by atoms with Crippen LogP contribution < -0.4 is 11.1 Å². The SMILES string of the molecule is CNC(=O)C1COCCN1C(=O)C1(C(N)=NO)CCCC1. The summed E-state index contributed by atoms with van der Waals surface area (Å²) in [4.78, 5) is 26.4. The van der Waals surface area contributed by atoms with E-state index in [1.54, 1.807) is 0 Å². The smallest absolute Gasteiger partial charge is 0.244 e. The minimum absolute atomic E-state index is 0.0628. The van der Waals surface area contributed by atoms with Crippen LogP contribution in [0.4, 0.5) is 0 Å². The molecule has 1 saturated carbocycles. The van der Waals surface area contributed by atoms with Crippen molar-refractivity contribution in [3.05, 3.63) is 0 Å². The average molecular weight is 298 g/mol. The zero-order chi connectivity index (χ0) is 15.5. The van der Waals surface area contributed by atoms with Crippen LogP contribution in [0.25, 0.3) is 0 Å². The summed E-state index contributed by atoms with van der Waals surface area (Å²) in [7, 11) is 1.52. The van der Waals surface area contributed by atoms with Crippen molar-refractivity contribution in [1.82, 2.24) is 10.2 Å². The van der Waals surface area contributed by atoms with Crippen molar-refractivity contribution >= 4 is 17.6 Å². The first-order valence-electron chi connectivity index (χ1n) is 7.15. The number of nitrogens with zero attached hydrogens (tertiary/aromatic N) is 2. The molecule has 0 spiro atoms. The molecule has 2 amide bonds. The Labute approximate surface area is 123 Å². The van der Waals surface area contributed by atoms with E-state index in [4.69, 9.17) is 15.7 Å². The summed E-state index contributed by atoms with van der Waals surface area (Å²) in [6, 6.07) is -0.666. The normalized spacial score (nSPS) is 25.7. The third kappa shape index (κ3) is 2.67. The molecule has 1 unspecified atom stereocenters. The lowest BCUT2D eigenvalue weighted by molar-refractivity contribution is -0.153. The van der Waals surface area contributed by atoms with Crippen LogP contribution in [0.3, 0.4) is 0 Å². The number of hydrogen-bond acceptors (Lipinski definition) is 5. The number of ether oxygens (including phenoxy) is 1. The topological polar surface area (TPSA) is 117 Å². The van der Waals surface area contributed by atoms with Gasteiger partial charge in [-0.3, -0.25) is 9.59 Å². The van der Waals surface area contributed by atoms with Crippen molar-refractivity contribution in [2.45, 2.75) is 31.7 Å². The van der Waals surface area contributed by atoms with Crippen LogP contribution in [-0.4, -0.2) is 60.6 Å². The van der Waals surface area contributed by atoms with Gasteiger partial charge in [0, 0.05) is 13.6 Å². The molecule has 0 bridgehead atoms. The summed E-state index contributed by atoms with van der Waals surface area (Å²) in [6.45, 7) is 0.876. The molecule has 21 heavy (non-hydrogen) atoms. The Balaban J connectivity index is 2.28. The Morgan fingerprint density at radius 3 is 2.67 bits per heavy atom. The molecular weight excluding hydrogens is 276 g/mol. The molecule has 1 aliphatic carbocycles. The van der Waals surface area contributed by atoms with Gasteiger partial charge in [-0.15, -0.1) is 0 Å². The van der Waals surface area contributed by atoms with E-state index >= 15 is 0 Å². The molecule has 1 heterocycles. The summed E-state index contributed by atoms with van der Waals surface area (Å²) in [6.07, 6.45) is 2.77. The number of amidine groups is 1. The number of carbonyl (C=O) groups is 2. The maximum absolute atomic E-state index is 13.0. The van der Waals surface area contributed by atoms with Crippen LogP contribution in [-0.2, 0) is 14.3 Å². The lowest BCUT2D eigenvalue weighted by Crippen LogP contribution is -2.60. The molecule has 0 aromatic heterocycles. The Bertz CT molecular complexity index is 445. The fraction of sp³-hybridized carbons (Fsp3) is 0.769. The van der Waals surface area contributed by atoms with Gasteiger partial charge in [0.25, 0.3) is 0 Å².